The van der Waals surface area contributed by atoms with Crippen LogP contribution in [0.3, 0.4) is 0 Å². The molecule has 0 fully saturated rings. The number of carbonyl (C=O) groups is 1. The maximum atomic E-state index is 11.4. The molecule has 6 heteroatoms. The smallest absolute Gasteiger partial charge is 0.339 e. The molecule has 17 heavy (non-hydrogen) atoms. The van der Waals surface area contributed by atoms with E-state index in [1.165, 1.54) is 25.3 Å². The van der Waals surface area contributed by atoms with Gasteiger partial charge in [-0.05, 0) is 17.7 Å². The molecule has 0 aliphatic carbocycles. The third kappa shape index (κ3) is 2.94. The Bertz CT molecular complexity index is 407. The minimum absolute atomic E-state index is 0.106. The first-order valence-electron chi connectivity index (χ1n) is 4.96. The number of aliphatic hydroxyl groups excluding tert-OH is 3. The lowest BCUT2D eigenvalue weighted by atomic mass is 10.0. The van der Waals surface area contributed by atoms with Crippen molar-refractivity contribution < 1.29 is 24.9 Å². The van der Waals surface area contributed by atoms with E-state index in [-0.39, 0.29) is 16.8 Å². The third-order valence-corrected chi connectivity index (χ3v) is 2.38. The van der Waals surface area contributed by atoms with E-state index in [0.29, 0.717) is 0 Å². The zero-order chi connectivity index (χ0) is 13.0. The summed E-state index contributed by atoms with van der Waals surface area (Å²) in [6, 6.07) is 4.21. The Morgan fingerprint density at radius 2 is 2.12 bits per heavy atom. The quantitative estimate of drug-likeness (QED) is 0.415. The molecule has 2 unspecified atom stereocenters. The molecule has 0 amide bonds. The zero-order valence-electron chi connectivity index (χ0n) is 9.33. The first-order valence-corrected chi connectivity index (χ1v) is 4.96. The summed E-state index contributed by atoms with van der Waals surface area (Å²) in [4.78, 5) is 11.4. The van der Waals surface area contributed by atoms with E-state index in [1.807, 2.05) is 0 Å². The molecule has 0 aliphatic rings. The van der Waals surface area contributed by atoms with E-state index >= 15 is 0 Å². The highest BCUT2D eigenvalue weighted by Crippen LogP contribution is 2.22. The largest absolute Gasteiger partial charge is 0.465 e. The molecule has 0 saturated heterocycles. The lowest BCUT2D eigenvalue weighted by Gasteiger charge is -2.17. The molecule has 1 rings (SSSR count). The lowest BCUT2D eigenvalue weighted by Crippen LogP contribution is -2.22. The summed E-state index contributed by atoms with van der Waals surface area (Å²) in [5, 5.41) is 27.7. The number of hydrogen-bond acceptors (Lipinski definition) is 6. The van der Waals surface area contributed by atoms with Crippen LogP contribution in [0, 0.1) is 0 Å². The summed E-state index contributed by atoms with van der Waals surface area (Å²) in [6.45, 7) is -0.584. The highest BCUT2D eigenvalue weighted by molar-refractivity contribution is 5.95. The van der Waals surface area contributed by atoms with Crippen LogP contribution in [0.2, 0.25) is 0 Å². The van der Waals surface area contributed by atoms with Crippen LogP contribution in [0.15, 0.2) is 18.2 Å². The van der Waals surface area contributed by atoms with Crippen LogP contribution < -0.4 is 5.73 Å². The molecule has 0 heterocycles. The number of carbonyl (C=O) groups excluding carboxylic acids is 1. The number of aliphatic hydroxyl groups is 3. The molecule has 0 spiro atoms. The van der Waals surface area contributed by atoms with E-state index in [2.05, 4.69) is 4.74 Å². The number of anilines is 1. The highest BCUT2D eigenvalue weighted by Gasteiger charge is 2.20. The van der Waals surface area contributed by atoms with Crippen LogP contribution in [0.4, 0.5) is 5.69 Å². The van der Waals surface area contributed by atoms with Crippen LogP contribution >= 0.6 is 0 Å². The number of nitrogen functional groups attached to an aromatic ring is 1. The summed E-state index contributed by atoms with van der Waals surface area (Å²) in [7, 11) is 1.22. The lowest BCUT2D eigenvalue weighted by molar-refractivity contribution is -0.0152. The average molecular weight is 241 g/mol. The van der Waals surface area contributed by atoms with Gasteiger partial charge in [0.25, 0.3) is 0 Å². The summed E-state index contributed by atoms with van der Waals surface area (Å²) in [5.41, 5.74) is 6.18. The van der Waals surface area contributed by atoms with Gasteiger partial charge in [0.15, 0.2) is 0 Å². The van der Waals surface area contributed by atoms with Crippen molar-refractivity contribution in [3.63, 3.8) is 0 Å². The predicted molar refractivity (Wildman–Crippen MR) is 60.2 cm³/mol. The van der Waals surface area contributed by atoms with Crippen molar-refractivity contribution in [3.8, 4) is 0 Å². The highest BCUT2D eigenvalue weighted by atomic mass is 16.5. The van der Waals surface area contributed by atoms with E-state index in [0.717, 1.165) is 0 Å². The van der Waals surface area contributed by atoms with Crippen LogP contribution in [0.1, 0.15) is 22.0 Å². The minimum atomic E-state index is -1.32. The van der Waals surface area contributed by atoms with Gasteiger partial charge in [0.05, 0.1) is 19.3 Å². The Labute approximate surface area is 98.3 Å². The number of esters is 1. The molecule has 0 saturated carbocycles. The van der Waals surface area contributed by atoms with Gasteiger partial charge in [-0.1, -0.05) is 6.07 Å². The Balaban J connectivity index is 3.08. The first-order chi connectivity index (χ1) is 8.01. The summed E-state index contributed by atoms with van der Waals surface area (Å²) in [5.74, 6) is -0.630. The average Bonchev–Trinajstić information content (AvgIpc) is 2.36. The Hall–Kier alpha value is -1.63. The fourth-order valence-corrected chi connectivity index (χ4v) is 1.37. The molecular formula is C11H15NO5. The molecule has 2 atom stereocenters. The second kappa shape index (κ2) is 5.62. The van der Waals surface area contributed by atoms with E-state index in [9.17, 15) is 15.0 Å². The topological polar surface area (TPSA) is 113 Å². The van der Waals surface area contributed by atoms with Crippen molar-refractivity contribution in [1.82, 2.24) is 0 Å². The standard InChI is InChI=1S/C11H15NO5/c1-17-11(16)7-4-6(2-3-8(7)12)10(15)9(14)5-13/h2-4,9-10,13-15H,5,12H2,1H3. The zero-order valence-corrected chi connectivity index (χ0v) is 9.33. The van der Waals surface area contributed by atoms with Crippen LogP contribution in [0.25, 0.3) is 0 Å². The number of nitrogens with two attached hydrogens (primary N) is 1. The van der Waals surface area contributed by atoms with Gasteiger partial charge >= 0.3 is 5.97 Å². The molecular weight excluding hydrogens is 226 g/mol. The molecule has 94 valence electrons. The van der Waals surface area contributed by atoms with Gasteiger partial charge in [-0.3, -0.25) is 0 Å². The van der Waals surface area contributed by atoms with Crippen LogP contribution in [-0.2, 0) is 4.74 Å². The fourth-order valence-electron chi connectivity index (χ4n) is 1.37. The van der Waals surface area contributed by atoms with Crippen molar-refractivity contribution >= 4 is 11.7 Å². The monoisotopic (exact) mass is 241 g/mol. The van der Waals surface area contributed by atoms with Crippen molar-refractivity contribution in [2.24, 2.45) is 0 Å². The van der Waals surface area contributed by atoms with Crippen molar-refractivity contribution in [1.29, 1.82) is 0 Å². The van der Waals surface area contributed by atoms with Crippen LogP contribution in [0.5, 0.6) is 0 Å². The molecule has 0 aliphatic heterocycles. The summed E-state index contributed by atoms with van der Waals surface area (Å²) >= 11 is 0. The number of rotatable bonds is 4. The van der Waals surface area contributed by atoms with E-state index in [1.54, 1.807) is 0 Å². The predicted octanol–water partition coefficient (Wildman–Crippen LogP) is -0.558. The van der Waals surface area contributed by atoms with Crippen molar-refractivity contribution in [2.75, 3.05) is 19.5 Å². The van der Waals surface area contributed by atoms with Gasteiger partial charge in [-0.25, -0.2) is 4.79 Å². The maximum absolute atomic E-state index is 11.4. The molecule has 6 nitrogen and oxygen atoms in total. The maximum Gasteiger partial charge on any atom is 0.339 e. The number of hydrogen-bond donors (Lipinski definition) is 4. The van der Waals surface area contributed by atoms with Gasteiger partial charge in [0, 0.05) is 5.69 Å². The SMILES string of the molecule is COC(=O)c1cc(C(O)C(O)CO)ccc1N. The van der Waals surface area contributed by atoms with E-state index in [4.69, 9.17) is 10.8 Å². The molecule has 1 aromatic carbocycles. The second-order valence-corrected chi connectivity index (χ2v) is 3.53. The first kappa shape index (κ1) is 13.4. The normalized spacial score (nSPS) is 14.1. The molecule has 0 aromatic heterocycles. The third-order valence-electron chi connectivity index (χ3n) is 2.38. The number of methoxy groups -OCH3 is 1. The van der Waals surface area contributed by atoms with Gasteiger partial charge < -0.3 is 25.8 Å². The summed E-state index contributed by atoms with van der Waals surface area (Å²) < 4.78 is 4.53. The minimum Gasteiger partial charge on any atom is -0.465 e. The Morgan fingerprint density at radius 3 is 2.65 bits per heavy atom. The summed E-state index contributed by atoms with van der Waals surface area (Å²) in [6.07, 6.45) is -2.60. The van der Waals surface area contributed by atoms with Crippen LogP contribution in [-0.4, -0.2) is 41.1 Å². The van der Waals surface area contributed by atoms with Gasteiger partial charge in [0.2, 0.25) is 0 Å². The fraction of sp³-hybridized carbons (Fsp3) is 0.364. The molecule has 0 radical (unpaired) electrons. The van der Waals surface area contributed by atoms with Crippen molar-refractivity contribution in [3.05, 3.63) is 29.3 Å². The second-order valence-electron chi connectivity index (χ2n) is 3.53. The van der Waals surface area contributed by atoms with Gasteiger partial charge in [-0.2, -0.15) is 0 Å². The Morgan fingerprint density at radius 1 is 1.47 bits per heavy atom. The molecule has 0 bridgehead atoms. The van der Waals surface area contributed by atoms with Gasteiger partial charge in [-0.15, -0.1) is 0 Å². The number of benzene rings is 1. The Kier molecular flexibility index (Phi) is 4.45. The van der Waals surface area contributed by atoms with Gasteiger partial charge in [0.1, 0.15) is 12.2 Å². The van der Waals surface area contributed by atoms with Crippen molar-refractivity contribution in [2.45, 2.75) is 12.2 Å². The molecule has 5 N–H and O–H groups in total. The van der Waals surface area contributed by atoms with E-state index < -0.39 is 24.8 Å². The molecule has 1 aromatic rings. The number of ether oxygens (including phenoxy) is 1.